The molecule has 1 saturated carbocycles. The van der Waals surface area contributed by atoms with Crippen LogP contribution in [0.4, 0.5) is 0 Å². The zero-order valence-corrected chi connectivity index (χ0v) is 16.8. The van der Waals surface area contributed by atoms with Crippen LogP contribution < -0.4 is 5.32 Å². The van der Waals surface area contributed by atoms with E-state index >= 15 is 0 Å². The topological polar surface area (TPSA) is 54.3 Å². The molecular weight excluding hydrogens is 336 g/mol. The second kappa shape index (κ2) is 8.75. The number of carbonyl (C=O) groups is 1. The van der Waals surface area contributed by atoms with Crippen LogP contribution in [0.25, 0.3) is 0 Å². The average Bonchev–Trinajstić information content (AvgIpc) is 2.82. The molecule has 3 rings (SSSR count). The maximum absolute atomic E-state index is 12.0. The van der Waals surface area contributed by atoms with Gasteiger partial charge in [0, 0.05) is 36.1 Å². The van der Waals surface area contributed by atoms with E-state index in [0.29, 0.717) is 24.7 Å². The second-order valence-corrected chi connectivity index (χ2v) is 7.91. The number of benzene rings is 1. The number of hydrogen-bond donors (Lipinski definition) is 2. The normalized spacial score (nSPS) is 15.7. The van der Waals surface area contributed by atoms with Crippen molar-refractivity contribution in [3.8, 4) is 0 Å². The van der Waals surface area contributed by atoms with Gasteiger partial charge in [-0.1, -0.05) is 49.9 Å². The van der Waals surface area contributed by atoms with Gasteiger partial charge in [0.15, 0.2) is 0 Å². The predicted molar refractivity (Wildman–Crippen MR) is 109 cm³/mol. The van der Waals surface area contributed by atoms with Gasteiger partial charge in [0.2, 0.25) is 0 Å². The lowest BCUT2D eigenvalue weighted by Gasteiger charge is -2.17. The third-order valence-electron chi connectivity index (χ3n) is 6.14. The standard InChI is InChI=1S/C23H32N2O2/c1-16-10-8-9-11-19(16)15-25-17(2)21(22(18(25)3)23(26)27)14-24-20-12-6-4-5-7-13-20/h8-11,20,24H,4-7,12-15H2,1-3H3,(H,26,27). The van der Waals surface area contributed by atoms with Gasteiger partial charge in [-0.25, -0.2) is 4.79 Å². The summed E-state index contributed by atoms with van der Waals surface area (Å²) in [6.07, 6.45) is 7.59. The largest absolute Gasteiger partial charge is 0.478 e. The summed E-state index contributed by atoms with van der Waals surface area (Å²) in [5, 5.41) is 13.5. The van der Waals surface area contributed by atoms with Crippen LogP contribution >= 0.6 is 0 Å². The lowest BCUT2D eigenvalue weighted by atomic mass is 10.1. The zero-order valence-electron chi connectivity index (χ0n) is 16.8. The van der Waals surface area contributed by atoms with Gasteiger partial charge < -0.3 is 15.0 Å². The molecule has 2 N–H and O–H groups in total. The first-order valence-corrected chi connectivity index (χ1v) is 10.2. The SMILES string of the molecule is Cc1ccccc1Cn1c(C)c(CNC2CCCCCC2)c(C(=O)O)c1C. The van der Waals surface area contributed by atoms with Crippen LogP contribution in [-0.2, 0) is 13.1 Å². The van der Waals surface area contributed by atoms with Crippen molar-refractivity contribution in [1.29, 1.82) is 0 Å². The van der Waals surface area contributed by atoms with Gasteiger partial charge in [-0.2, -0.15) is 0 Å². The minimum Gasteiger partial charge on any atom is -0.478 e. The van der Waals surface area contributed by atoms with E-state index in [9.17, 15) is 9.90 Å². The second-order valence-electron chi connectivity index (χ2n) is 7.91. The fraction of sp³-hybridized carbons (Fsp3) is 0.522. The summed E-state index contributed by atoms with van der Waals surface area (Å²) in [4.78, 5) is 12.0. The van der Waals surface area contributed by atoms with Crippen LogP contribution in [0.2, 0.25) is 0 Å². The van der Waals surface area contributed by atoms with E-state index in [2.05, 4.69) is 35.9 Å². The van der Waals surface area contributed by atoms with E-state index in [1.54, 1.807) is 0 Å². The van der Waals surface area contributed by atoms with Crippen molar-refractivity contribution in [3.05, 3.63) is 57.9 Å². The monoisotopic (exact) mass is 368 g/mol. The maximum Gasteiger partial charge on any atom is 0.337 e. The number of aryl methyl sites for hydroxylation is 1. The van der Waals surface area contributed by atoms with E-state index in [4.69, 9.17) is 0 Å². The van der Waals surface area contributed by atoms with Crippen molar-refractivity contribution in [2.75, 3.05) is 0 Å². The molecule has 4 heteroatoms. The quantitative estimate of drug-likeness (QED) is 0.708. The van der Waals surface area contributed by atoms with E-state index in [1.807, 2.05) is 19.1 Å². The van der Waals surface area contributed by atoms with Crippen molar-refractivity contribution >= 4 is 5.97 Å². The third kappa shape index (κ3) is 4.44. The molecule has 0 amide bonds. The molecule has 0 spiro atoms. The van der Waals surface area contributed by atoms with Crippen molar-refractivity contribution in [2.45, 2.75) is 78.4 Å². The highest BCUT2D eigenvalue weighted by Gasteiger charge is 2.23. The number of nitrogens with zero attached hydrogens (tertiary/aromatic N) is 1. The van der Waals surface area contributed by atoms with Crippen molar-refractivity contribution in [3.63, 3.8) is 0 Å². The maximum atomic E-state index is 12.0. The predicted octanol–water partition coefficient (Wildman–Crippen LogP) is 4.97. The van der Waals surface area contributed by atoms with Gasteiger partial charge in [-0.05, 0) is 44.7 Å². The van der Waals surface area contributed by atoms with Gasteiger partial charge in [0.05, 0.1) is 5.56 Å². The molecule has 0 aliphatic heterocycles. The average molecular weight is 369 g/mol. The number of aromatic nitrogens is 1. The minimum absolute atomic E-state index is 0.474. The number of nitrogens with one attached hydrogen (secondary N) is 1. The fourth-order valence-corrected chi connectivity index (χ4v) is 4.37. The van der Waals surface area contributed by atoms with Gasteiger partial charge in [-0.3, -0.25) is 0 Å². The molecule has 0 bridgehead atoms. The highest BCUT2D eigenvalue weighted by molar-refractivity contribution is 5.91. The molecule has 4 nitrogen and oxygen atoms in total. The number of rotatable bonds is 6. The van der Waals surface area contributed by atoms with E-state index in [1.165, 1.54) is 49.7 Å². The number of carboxylic acid groups (broad SMARTS) is 1. The molecule has 0 saturated heterocycles. The molecular formula is C23H32N2O2. The van der Waals surface area contributed by atoms with Crippen LogP contribution in [0.15, 0.2) is 24.3 Å². The fourth-order valence-electron chi connectivity index (χ4n) is 4.37. The van der Waals surface area contributed by atoms with Crippen molar-refractivity contribution in [2.24, 2.45) is 0 Å². The lowest BCUT2D eigenvalue weighted by Crippen LogP contribution is -2.28. The molecule has 1 heterocycles. The molecule has 0 unspecified atom stereocenters. The van der Waals surface area contributed by atoms with Gasteiger partial charge in [-0.15, -0.1) is 0 Å². The van der Waals surface area contributed by atoms with Gasteiger partial charge in [0.25, 0.3) is 0 Å². The lowest BCUT2D eigenvalue weighted by molar-refractivity contribution is 0.0694. The highest BCUT2D eigenvalue weighted by Crippen LogP contribution is 2.25. The Balaban J connectivity index is 1.86. The Labute approximate surface area is 162 Å². The molecule has 1 aromatic carbocycles. The van der Waals surface area contributed by atoms with Gasteiger partial charge in [0.1, 0.15) is 0 Å². The molecule has 1 fully saturated rings. The summed E-state index contributed by atoms with van der Waals surface area (Å²) in [7, 11) is 0. The summed E-state index contributed by atoms with van der Waals surface area (Å²) in [6, 6.07) is 8.82. The Hall–Kier alpha value is -2.07. The van der Waals surface area contributed by atoms with Crippen LogP contribution in [0.3, 0.4) is 0 Å². The molecule has 1 aliphatic rings. The Morgan fingerprint density at radius 2 is 1.74 bits per heavy atom. The van der Waals surface area contributed by atoms with Crippen molar-refractivity contribution < 1.29 is 9.90 Å². The highest BCUT2D eigenvalue weighted by atomic mass is 16.4. The zero-order chi connectivity index (χ0) is 19.4. The van der Waals surface area contributed by atoms with Crippen molar-refractivity contribution in [1.82, 2.24) is 9.88 Å². The Morgan fingerprint density at radius 3 is 2.37 bits per heavy atom. The number of carboxylic acids is 1. The molecule has 0 atom stereocenters. The molecule has 1 aliphatic carbocycles. The molecule has 1 aromatic heterocycles. The first-order chi connectivity index (χ1) is 13.0. The van der Waals surface area contributed by atoms with E-state index in [-0.39, 0.29) is 0 Å². The Morgan fingerprint density at radius 1 is 1.07 bits per heavy atom. The number of aromatic carboxylic acids is 1. The summed E-state index contributed by atoms with van der Waals surface area (Å²) in [5.74, 6) is -0.822. The summed E-state index contributed by atoms with van der Waals surface area (Å²) in [6.45, 7) is 7.45. The minimum atomic E-state index is -0.822. The van der Waals surface area contributed by atoms with E-state index in [0.717, 1.165) is 17.0 Å². The smallest absolute Gasteiger partial charge is 0.337 e. The third-order valence-corrected chi connectivity index (χ3v) is 6.14. The molecule has 27 heavy (non-hydrogen) atoms. The summed E-state index contributed by atoms with van der Waals surface area (Å²) in [5.41, 5.74) is 5.80. The van der Waals surface area contributed by atoms with Gasteiger partial charge >= 0.3 is 5.97 Å². The Kier molecular flexibility index (Phi) is 6.38. The Bertz CT molecular complexity index is 799. The van der Waals surface area contributed by atoms with Crippen LogP contribution in [0.1, 0.15) is 77.0 Å². The van der Waals surface area contributed by atoms with Crippen LogP contribution in [0.5, 0.6) is 0 Å². The first kappa shape index (κ1) is 19.7. The van der Waals surface area contributed by atoms with Crippen LogP contribution in [0, 0.1) is 20.8 Å². The summed E-state index contributed by atoms with van der Waals surface area (Å²) < 4.78 is 2.16. The molecule has 2 aromatic rings. The molecule has 0 radical (unpaired) electrons. The molecule has 146 valence electrons. The van der Waals surface area contributed by atoms with E-state index < -0.39 is 5.97 Å². The first-order valence-electron chi connectivity index (χ1n) is 10.2. The summed E-state index contributed by atoms with van der Waals surface area (Å²) >= 11 is 0. The van der Waals surface area contributed by atoms with Crippen LogP contribution in [-0.4, -0.2) is 21.7 Å². The number of hydrogen-bond acceptors (Lipinski definition) is 2.